The minimum Gasteiger partial charge on any atom is -0.348 e. The van der Waals surface area contributed by atoms with Crippen molar-refractivity contribution in [3.05, 3.63) is 45.7 Å². The largest absolute Gasteiger partial charge is 0.348 e. The van der Waals surface area contributed by atoms with Crippen LogP contribution in [0.15, 0.2) is 40.9 Å². The summed E-state index contributed by atoms with van der Waals surface area (Å²) in [6.45, 7) is 4.13. The number of hydrogen-bond acceptors (Lipinski definition) is 3. The Balaban J connectivity index is 0.00000192. The Labute approximate surface area is 155 Å². The molecule has 0 saturated carbocycles. The van der Waals surface area contributed by atoms with Crippen LogP contribution in [0.2, 0.25) is 0 Å². The normalized spacial score (nSPS) is 20.6. The monoisotopic (exact) mass is 414 g/mol. The lowest BCUT2D eigenvalue weighted by Gasteiger charge is -2.30. The van der Waals surface area contributed by atoms with Crippen LogP contribution < -0.4 is 10.6 Å². The first-order valence-corrected chi connectivity index (χ1v) is 9.12. The first kappa shape index (κ1) is 18.5. The van der Waals surface area contributed by atoms with E-state index >= 15 is 0 Å². The van der Waals surface area contributed by atoms with E-state index in [-0.39, 0.29) is 24.4 Å². The number of halogens is 2. The van der Waals surface area contributed by atoms with Crippen LogP contribution in [0.25, 0.3) is 10.4 Å². The van der Waals surface area contributed by atoms with Crippen LogP contribution in [0, 0.1) is 5.92 Å². The van der Waals surface area contributed by atoms with Gasteiger partial charge >= 0.3 is 0 Å². The van der Waals surface area contributed by atoms with Crippen LogP contribution in [0.3, 0.4) is 0 Å². The van der Waals surface area contributed by atoms with Gasteiger partial charge in [0.1, 0.15) is 0 Å². The molecule has 1 amide bonds. The van der Waals surface area contributed by atoms with E-state index in [4.69, 9.17) is 0 Å². The van der Waals surface area contributed by atoms with Crippen molar-refractivity contribution in [1.29, 1.82) is 0 Å². The number of hydrogen-bond donors (Lipinski definition) is 2. The molecule has 2 atom stereocenters. The Hall–Kier alpha value is -0.880. The average Bonchev–Trinajstić information content (AvgIpc) is 3.00. The summed E-state index contributed by atoms with van der Waals surface area (Å²) >= 11 is 4.99. The molecule has 2 unspecified atom stereocenters. The van der Waals surface area contributed by atoms with Gasteiger partial charge in [-0.25, -0.2) is 0 Å². The van der Waals surface area contributed by atoms with Gasteiger partial charge in [-0.3, -0.25) is 4.79 Å². The number of benzene rings is 1. The maximum atomic E-state index is 12.4. The summed E-state index contributed by atoms with van der Waals surface area (Å²) in [5.74, 6) is 0.524. The van der Waals surface area contributed by atoms with Gasteiger partial charge in [-0.15, -0.1) is 23.7 Å². The lowest BCUT2D eigenvalue weighted by Crippen LogP contribution is -2.48. The van der Waals surface area contributed by atoms with Gasteiger partial charge in [0, 0.05) is 15.4 Å². The standard InChI is InChI=1S/C17H19BrN2OS.ClH/c1-11-10-19-9-8-14(11)20-17(21)16-7-6-15(22-16)12-2-4-13(18)5-3-12;/h2-7,11,14,19H,8-10H2,1H3,(H,20,21);1H. The Morgan fingerprint density at radius 3 is 2.70 bits per heavy atom. The molecule has 1 saturated heterocycles. The van der Waals surface area contributed by atoms with Crippen molar-refractivity contribution in [3.63, 3.8) is 0 Å². The zero-order valence-corrected chi connectivity index (χ0v) is 16.1. The fraction of sp³-hybridized carbons (Fsp3) is 0.353. The number of carbonyl (C=O) groups excluding carboxylic acids is 1. The summed E-state index contributed by atoms with van der Waals surface area (Å²) in [4.78, 5) is 14.3. The van der Waals surface area contributed by atoms with Crippen molar-refractivity contribution in [2.24, 2.45) is 5.92 Å². The number of nitrogens with one attached hydrogen (secondary N) is 2. The molecule has 6 heteroatoms. The van der Waals surface area contributed by atoms with Crippen LogP contribution >= 0.6 is 39.7 Å². The predicted octanol–water partition coefficient (Wildman–Crippen LogP) is 4.33. The van der Waals surface area contributed by atoms with Crippen LogP contribution in [0.5, 0.6) is 0 Å². The molecule has 2 N–H and O–H groups in total. The van der Waals surface area contributed by atoms with Gasteiger partial charge in [-0.05, 0) is 55.3 Å². The molecule has 2 heterocycles. The summed E-state index contributed by atoms with van der Waals surface area (Å²) in [6, 6.07) is 12.4. The lowest BCUT2D eigenvalue weighted by atomic mass is 9.95. The molecule has 3 nitrogen and oxygen atoms in total. The zero-order valence-electron chi connectivity index (χ0n) is 12.8. The summed E-state index contributed by atoms with van der Waals surface area (Å²) in [6.07, 6.45) is 0.998. The second-order valence-electron chi connectivity index (χ2n) is 5.72. The summed E-state index contributed by atoms with van der Waals surface area (Å²) in [5, 5.41) is 6.54. The van der Waals surface area contributed by atoms with Gasteiger partial charge in [0.05, 0.1) is 4.88 Å². The lowest BCUT2D eigenvalue weighted by molar-refractivity contribution is 0.0918. The van der Waals surface area contributed by atoms with Gasteiger partial charge in [-0.2, -0.15) is 0 Å². The molecule has 1 aromatic carbocycles. The Morgan fingerprint density at radius 1 is 1.26 bits per heavy atom. The number of rotatable bonds is 3. The summed E-state index contributed by atoms with van der Waals surface area (Å²) in [5.41, 5.74) is 1.14. The summed E-state index contributed by atoms with van der Waals surface area (Å²) in [7, 11) is 0. The van der Waals surface area contributed by atoms with E-state index in [1.807, 2.05) is 24.3 Å². The number of amides is 1. The molecular weight excluding hydrogens is 396 g/mol. The Bertz CT molecular complexity index is 659. The van der Waals surface area contributed by atoms with Crippen LogP contribution in [-0.2, 0) is 0 Å². The smallest absolute Gasteiger partial charge is 0.261 e. The van der Waals surface area contributed by atoms with Crippen molar-refractivity contribution in [2.75, 3.05) is 13.1 Å². The van der Waals surface area contributed by atoms with Gasteiger partial charge < -0.3 is 10.6 Å². The molecule has 2 aromatic rings. The highest BCUT2D eigenvalue weighted by Gasteiger charge is 2.23. The minimum atomic E-state index is 0. The Morgan fingerprint density at radius 2 is 2.00 bits per heavy atom. The van der Waals surface area contributed by atoms with Gasteiger partial charge in [0.25, 0.3) is 5.91 Å². The molecule has 3 rings (SSSR count). The predicted molar refractivity (Wildman–Crippen MR) is 103 cm³/mol. The van der Waals surface area contributed by atoms with Gasteiger partial charge in [0.2, 0.25) is 0 Å². The van der Waals surface area contributed by atoms with E-state index in [0.717, 1.165) is 39.3 Å². The summed E-state index contributed by atoms with van der Waals surface area (Å²) < 4.78 is 1.06. The van der Waals surface area contributed by atoms with Crippen molar-refractivity contribution in [1.82, 2.24) is 10.6 Å². The van der Waals surface area contributed by atoms with E-state index in [9.17, 15) is 4.79 Å². The number of carbonyl (C=O) groups is 1. The molecule has 0 bridgehead atoms. The highest BCUT2D eigenvalue weighted by atomic mass is 79.9. The van der Waals surface area contributed by atoms with Crippen molar-refractivity contribution < 1.29 is 4.79 Å². The Kier molecular flexibility index (Phi) is 6.65. The molecule has 0 radical (unpaired) electrons. The third-order valence-electron chi connectivity index (χ3n) is 4.06. The number of thiophene rings is 1. The first-order valence-electron chi connectivity index (χ1n) is 7.51. The molecule has 1 aliphatic heterocycles. The third-order valence-corrected chi connectivity index (χ3v) is 5.72. The van der Waals surface area contributed by atoms with E-state index in [2.05, 4.69) is 45.6 Å². The van der Waals surface area contributed by atoms with E-state index in [1.165, 1.54) is 0 Å². The second-order valence-corrected chi connectivity index (χ2v) is 7.72. The van der Waals surface area contributed by atoms with E-state index < -0.39 is 0 Å². The fourth-order valence-corrected chi connectivity index (χ4v) is 3.88. The molecule has 23 heavy (non-hydrogen) atoms. The quantitative estimate of drug-likeness (QED) is 0.783. The highest BCUT2D eigenvalue weighted by Crippen LogP contribution is 2.29. The van der Waals surface area contributed by atoms with Gasteiger partial charge in [-0.1, -0.05) is 35.0 Å². The molecule has 0 spiro atoms. The van der Waals surface area contributed by atoms with Crippen molar-refractivity contribution >= 4 is 45.6 Å². The average molecular weight is 416 g/mol. The molecule has 0 aliphatic carbocycles. The third kappa shape index (κ3) is 4.57. The molecule has 1 aliphatic rings. The topological polar surface area (TPSA) is 41.1 Å². The number of piperidine rings is 1. The molecule has 1 aromatic heterocycles. The van der Waals surface area contributed by atoms with Crippen LogP contribution in [0.1, 0.15) is 23.0 Å². The highest BCUT2D eigenvalue weighted by molar-refractivity contribution is 9.10. The van der Waals surface area contributed by atoms with Crippen molar-refractivity contribution in [2.45, 2.75) is 19.4 Å². The fourth-order valence-electron chi connectivity index (χ4n) is 2.70. The van der Waals surface area contributed by atoms with Crippen LogP contribution in [0.4, 0.5) is 0 Å². The van der Waals surface area contributed by atoms with Crippen LogP contribution in [-0.4, -0.2) is 25.0 Å². The van der Waals surface area contributed by atoms with Crippen molar-refractivity contribution in [3.8, 4) is 10.4 Å². The molecular formula is C17H20BrClN2OS. The second kappa shape index (κ2) is 8.29. The molecule has 1 fully saturated rings. The zero-order chi connectivity index (χ0) is 15.5. The maximum Gasteiger partial charge on any atom is 0.261 e. The minimum absolute atomic E-state index is 0. The first-order chi connectivity index (χ1) is 10.6. The van der Waals surface area contributed by atoms with E-state index in [0.29, 0.717) is 5.92 Å². The maximum absolute atomic E-state index is 12.4. The van der Waals surface area contributed by atoms with E-state index in [1.54, 1.807) is 11.3 Å². The molecule has 124 valence electrons. The SMILES string of the molecule is CC1CNCCC1NC(=O)c1ccc(-c2ccc(Br)cc2)s1.Cl. The van der Waals surface area contributed by atoms with Gasteiger partial charge in [0.15, 0.2) is 0 Å².